The smallest absolute Gasteiger partial charge is 0.247 e. The molecule has 1 N–H and O–H groups in total. The third-order valence-electron chi connectivity index (χ3n) is 4.83. The van der Waals surface area contributed by atoms with Gasteiger partial charge in [0.05, 0.1) is 11.0 Å². The lowest BCUT2D eigenvalue weighted by Gasteiger charge is -2.23. The van der Waals surface area contributed by atoms with Gasteiger partial charge in [-0.1, -0.05) is 30.3 Å². The summed E-state index contributed by atoms with van der Waals surface area (Å²) in [4.78, 5) is 19.5. The fraction of sp³-hybridized carbons (Fsp3) is 0.300. The molecule has 4 rings (SSSR count). The van der Waals surface area contributed by atoms with Crippen LogP contribution < -0.4 is 4.90 Å². The summed E-state index contributed by atoms with van der Waals surface area (Å²) in [7, 11) is 0. The van der Waals surface area contributed by atoms with Crippen LogP contribution in [0.5, 0.6) is 0 Å². The van der Waals surface area contributed by atoms with E-state index in [9.17, 15) is 9.90 Å². The van der Waals surface area contributed by atoms with Crippen molar-refractivity contribution in [2.75, 3.05) is 4.90 Å². The summed E-state index contributed by atoms with van der Waals surface area (Å²) in [5.74, 6) is 0.539. The molecule has 0 saturated heterocycles. The normalized spacial score (nSPS) is 17.7. The SMILES string of the molecule is C[C@@H](O)c1nc2ccccc2n1CC(=O)N1c2ccccc2C[C@@H]1C. The zero-order valence-electron chi connectivity index (χ0n) is 14.4. The summed E-state index contributed by atoms with van der Waals surface area (Å²) in [5.41, 5.74) is 3.85. The molecule has 25 heavy (non-hydrogen) atoms. The molecule has 2 atom stereocenters. The number of carbonyl (C=O) groups excluding carboxylic acids is 1. The van der Waals surface area contributed by atoms with E-state index < -0.39 is 6.10 Å². The van der Waals surface area contributed by atoms with Crippen molar-refractivity contribution in [2.45, 2.75) is 39.0 Å². The van der Waals surface area contributed by atoms with Crippen LogP contribution in [0.25, 0.3) is 11.0 Å². The van der Waals surface area contributed by atoms with Gasteiger partial charge < -0.3 is 14.6 Å². The number of amides is 1. The monoisotopic (exact) mass is 335 g/mol. The maximum Gasteiger partial charge on any atom is 0.247 e. The first-order valence-corrected chi connectivity index (χ1v) is 8.59. The summed E-state index contributed by atoms with van der Waals surface area (Å²) >= 11 is 0. The Bertz CT molecular complexity index is 945. The van der Waals surface area contributed by atoms with Crippen LogP contribution in [-0.2, 0) is 17.8 Å². The predicted molar refractivity (Wildman–Crippen MR) is 97.5 cm³/mol. The van der Waals surface area contributed by atoms with Crippen molar-refractivity contribution >= 4 is 22.6 Å². The number of para-hydroxylation sites is 3. The van der Waals surface area contributed by atoms with Gasteiger partial charge >= 0.3 is 0 Å². The second kappa shape index (κ2) is 6.01. The molecule has 5 nitrogen and oxygen atoms in total. The molecule has 0 radical (unpaired) electrons. The third kappa shape index (κ3) is 2.61. The van der Waals surface area contributed by atoms with Crippen LogP contribution in [0.4, 0.5) is 5.69 Å². The maximum absolute atomic E-state index is 13.1. The second-order valence-corrected chi connectivity index (χ2v) is 6.67. The van der Waals surface area contributed by atoms with Crippen LogP contribution in [0, 0.1) is 0 Å². The number of benzene rings is 2. The third-order valence-corrected chi connectivity index (χ3v) is 4.83. The number of anilines is 1. The zero-order valence-corrected chi connectivity index (χ0v) is 14.4. The highest BCUT2D eigenvalue weighted by atomic mass is 16.3. The minimum absolute atomic E-state index is 0.0162. The summed E-state index contributed by atoms with van der Waals surface area (Å²) in [6.07, 6.45) is 0.138. The molecule has 5 heteroatoms. The molecule has 1 aliphatic rings. The van der Waals surface area contributed by atoms with Crippen LogP contribution in [0.2, 0.25) is 0 Å². The highest BCUT2D eigenvalue weighted by Crippen LogP contribution is 2.32. The molecule has 0 aliphatic carbocycles. The molecule has 128 valence electrons. The molecule has 0 unspecified atom stereocenters. The number of aliphatic hydroxyl groups excluding tert-OH is 1. The van der Waals surface area contributed by atoms with Crippen LogP contribution in [0.1, 0.15) is 31.3 Å². The van der Waals surface area contributed by atoms with E-state index in [0.717, 1.165) is 23.1 Å². The van der Waals surface area contributed by atoms with E-state index in [2.05, 4.69) is 18.0 Å². The van der Waals surface area contributed by atoms with Gasteiger partial charge in [0.15, 0.2) is 0 Å². The first-order chi connectivity index (χ1) is 12.1. The maximum atomic E-state index is 13.1. The topological polar surface area (TPSA) is 58.4 Å². The molecular formula is C20H21N3O2. The molecule has 0 fully saturated rings. The minimum Gasteiger partial charge on any atom is -0.385 e. The standard InChI is InChI=1S/C20H21N3O2/c1-13-11-15-7-3-5-9-17(15)23(13)19(25)12-22-18-10-6-4-8-16(18)21-20(22)14(2)24/h3-10,13-14,24H,11-12H2,1-2H3/t13-,14+/m0/s1. The summed E-state index contributed by atoms with van der Waals surface area (Å²) in [5, 5.41) is 10.1. The van der Waals surface area contributed by atoms with Crippen molar-refractivity contribution in [3.63, 3.8) is 0 Å². The van der Waals surface area contributed by atoms with Crippen molar-refractivity contribution in [3.8, 4) is 0 Å². The molecule has 2 aromatic carbocycles. The Morgan fingerprint density at radius 3 is 2.76 bits per heavy atom. The van der Waals surface area contributed by atoms with E-state index in [4.69, 9.17) is 0 Å². The summed E-state index contributed by atoms with van der Waals surface area (Å²) < 4.78 is 1.83. The van der Waals surface area contributed by atoms with Gasteiger partial charge in [-0.25, -0.2) is 4.98 Å². The van der Waals surface area contributed by atoms with E-state index in [1.54, 1.807) is 6.92 Å². The van der Waals surface area contributed by atoms with E-state index in [-0.39, 0.29) is 18.5 Å². The predicted octanol–water partition coefficient (Wildman–Crippen LogP) is 3.07. The number of fused-ring (bicyclic) bond motifs is 2. The molecule has 1 aliphatic heterocycles. The van der Waals surface area contributed by atoms with Crippen molar-refractivity contribution in [1.29, 1.82) is 0 Å². The molecule has 0 saturated carbocycles. The number of aliphatic hydroxyl groups is 1. The molecular weight excluding hydrogens is 314 g/mol. The molecule has 2 heterocycles. The van der Waals surface area contributed by atoms with Gasteiger partial charge in [0.25, 0.3) is 0 Å². The highest BCUT2D eigenvalue weighted by molar-refractivity contribution is 5.96. The van der Waals surface area contributed by atoms with Gasteiger partial charge in [-0.3, -0.25) is 4.79 Å². The van der Waals surface area contributed by atoms with Gasteiger partial charge in [0.2, 0.25) is 5.91 Å². The quantitative estimate of drug-likeness (QED) is 0.800. The van der Waals surface area contributed by atoms with Crippen LogP contribution in [-0.4, -0.2) is 26.6 Å². The fourth-order valence-electron chi connectivity index (χ4n) is 3.74. The zero-order chi connectivity index (χ0) is 17.6. The molecule has 0 bridgehead atoms. The van der Waals surface area contributed by atoms with Crippen molar-refractivity contribution in [1.82, 2.24) is 9.55 Å². The number of rotatable bonds is 3. The van der Waals surface area contributed by atoms with E-state index in [0.29, 0.717) is 5.82 Å². The van der Waals surface area contributed by atoms with Gasteiger partial charge in [-0.2, -0.15) is 0 Å². The Hall–Kier alpha value is -2.66. The Labute approximate surface area is 146 Å². The average molecular weight is 335 g/mol. The van der Waals surface area contributed by atoms with E-state index in [1.165, 1.54) is 5.56 Å². The highest BCUT2D eigenvalue weighted by Gasteiger charge is 2.31. The van der Waals surface area contributed by atoms with Crippen LogP contribution in [0.15, 0.2) is 48.5 Å². The van der Waals surface area contributed by atoms with E-state index >= 15 is 0 Å². The Kier molecular flexibility index (Phi) is 3.81. The van der Waals surface area contributed by atoms with Crippen LogP contribution >= 0.6 is 0 Å². The minimum atomic E-state index is -0.733. The summed E-state index contributed by atoms with van der Waals surface area (Å²) in [6, 6.07) is 15.8. The van der Waals surface area contributed by atoms with Gasteiger partial charge in [-0.15, -0.1) is 0 Å². The number of imidazole rings is 1. The number of hydrogen-bond acceptors (Lipinski definition) is 3. The van der Waals surface area contributed by atoms with E-state index in [1.807, 2.05) is 51.9 Å². The Morgan fingerprint density at radius 1 is 1.24 bits per heavy atom. The average Bonchev–Trinajstić information content (AvgIpc) is 3.12. The first-order valence-electron chi connectivity index (χ1n) is 8.59. The Morgan fingerprint density at radius 2 is 1.96 bits per heavy atom. The molecule has 1 aromatic heterocycles. The number of carbonyl (C=O) groups is 1. The number of hydrogen-bond donors (Lipinski definition) is 1. The van der Waals surface area contributed by atoms with Crippen molar-refractivity contribution < 1.29 is 9.90 Å². The fourth-order valence-corrected chi connectivity index (χ4v) is 3.74. The lowest BCUT2D eigenvalue weighted by molar-refractivity contribution is -0.119. The van der Waals surface area contributed by atoms with Gasteiger partial charge in [0, 0.05) is 11.7 Å². The van der Waals surface area contributed by atoms with Crippen molar-refractivity contribution in [2.24, 2.45) is 0 Å². The molecule has 1 amide bonds. The number of aromatic nitrogens is 2. The van der Waals surface area contributed by atoms with Gasteiger partial charge in [0.1, 0.15) is 18.5 Å². The Balaban J connectivity index is 1.72. The molecule has 0 spiro atoms. The summed E-state index contributed by atoms with van der Waals surface area (Å²) in [6.45, 7) is 3.91. The lowest BCUT2D eigenvalue weighted by Crippen LogP contribution is -2.38. The molecule has 3 aromatic rings. The van der Waals surface area contributed by atoms with Gasteiger partial charge in [-0.05, 0) is 44.0 Å². The van der Waals surface area contributed by atoms with Crippen LogP contribution in [0.3, 0.4) is 0 Å². The van der Waals surface area contributed by atoms with Crippen molar-refractivity contribution in [3.05, 3.63) is 59.9 Å². The first kappa shape index (κ1) is 15.8. The second-order valence-electron chi connectivity index (χ2n) is 6.67. The largest absolute Gasteiger partial charge is 0.385 e. The number of nitrogens with zero attached hydrogens (tertiary/aromatic N) is 3. The lowest BCUT2D eigenvalue weighted by atomic mass is 10.1.